The Morgan fingerprint density at radius 3 is 2.44 bits per heavy atom. The van der Waals surface area contributed by atoms with Crippen LogP contribution in [0.25, 0.3) is 0 Å². The van der Waals surface area contributed by atoms with Crippen molar-refractivity contribution in [1.29, 1.82) is 0 Å². The summed E-state index contributed by atoms with van der Waals surface area (Å²) in [5.41, 5.74) is 6.86. The molecule has 2 N–H and O–H groups in total. The molecule has 0 fully saturated rings. The minimum Gasteiger partial charge on any atom is -0.390 e. The van der Waals surface area contributed by atoms with E-state index >= 15 is 0 Å². The number of benzene rings is 1. The average molecular weight is 266 g/mol. The largest absolute Gasteiger partial charge is 0.423 e. The van der Waals surface area contributed by atoms with Gasteiger partial charge in [0.2, 0.25) is 0 Å². The highest BCUT2D eigenvalue weighted by atomic mass is 28.3. The van der Waals surface area contributed by atoms with Crippen LogP contribution in [0.3, 0.4) is 0 Å². The van der Waals surface area contributed by atoms with Crippen LogP contribution < -0.4 is 10.9 Å². The van der Waals surface area contributed by atoms with Crippen LogP contribution in [-0.2, 0) is 15.3 Å². The first-order chi connectivity index (χ1) is 8.81. The fraction of sp³-hybridized carbons (Fsp3) is 0.571. The molecule has 0 aliphatic carbocycles. The Morgan fingerprint density at radius 2 is 1.83 bits per heavy atom. The van der Waals surface area contributed by atoms with Crippen molar-refractivity contribution in [2.24, 2.45) is 5.73 Å². The second-order valence-electron chi connectivity index (χ2n) is 4.10. The fourth-order valence-electron chi connectivity index (χ4n) is 1.80. The van der Waals surface area contributed by atoms with Crippen LogP contribution in [0, 0.1) is 0 Å². The molecule has 0 heterocycles. The van der Waals surface area contributed by atoms with Crippen molar-refractivity contribution in [2.45, 2.75) is 33.1 Å². The monoisotopic (exact) mass is 266 g/mol. The lowest BCUT2D eigenvalue weighted by molar-refractivity contribution is 0.225. The molecule has 0 atom stereocenters. The number of rotatable bonds is 9. The molecule has 1 radical (unpaired) electrons. The highest BCUT2D eigenvalue weighted by Crippen LogP contribution is 2.04. The quantitative estimate of drug-likeness (QED) is 0.547. The molecule has 1 rings (SSSR count). The zero-order valence-corrected chi connectivity index (χ0v) is 12.4. The molecular weight excluding hydrogens is 242 g/mol. The van der Waals surface area contributed by atoms with Gasteiger partial charge in [0.05, 0.1) is 0 Å². The van der Waals surface area contributed by atoms with Crippen LogP contribution >= 0.6 is 0 Å². The smallest absolute Gasteiger partial charge is 0.390 e. The van der Waals surface area contributed by atoms with Crippen molar-refractivity contribution >= 4 is 14.5 Å². The number of hydrogen-bond acceptors (Lipinski definition) is 3. The van der Waals surface area contributed by atoms with Gasteiger partial charge in [-0.25, -0.2) is 0 Å². The molecule has 101 valence electrons. The van der Waals surface area contributed by atoms with Gasteiger partial charge in [0, 0.05) is 13.2 Å². The summed E-state index contributed by atoms with van der Waals surface area (Å²) in [5, 5.41) is 1.20. The third kappa shape index (κ3) is 5.31. The summed E-state index contributed by atoms with van der Waals surface area (Å²) >= 11 is 0. The molecule has 0 bridgehead atoms. The third-order valence-corrected chi connectivity index (χ3v) is 4.52. The first-order valence-electron chi connectivity index (χ1n) is 6.73. The van der Waals surface area contributed by atoms with Gasteiger partial charge in [0.15, 0.2) is 0 Å². The van der Waals surface area contributed by atoms with E-state index in [1.54, 1.807) is 0 Å². The number of hydrogen-bond donors (Lipinski definition) is 1. The van der Waals surface area contributed by atoms with Gasteiger partial charge in [-0.05, 0) is 50.4 Å². The van der Waals surface area contributed by atoms with Crippen molar-refractivity contribution in [2.75, 3.05) is 19.8 Å². The first-order valence-corrected chi connectivity index (χ1v) is 8.05. The Morgan fingerprint density at radius 1 is 1.11 bits per heavy atom. The second-order valence-corrected chi connectivity index (χ2v) is 5.83. The third-order valence-electron chi connectivity index (χ3n) is 2.63. The normalized spacial score (nSPS) is 11.1. The van der Waals surface area contributed by atoms with E-state index in [0.717, 1.165) is 25.8 Å². The van der Waals surface area contributed by atoms with Gasteiger partial charge in [-0.15, -0.1) is 0 Å². The topological polar surface area (TPSA) is 44.5 Å². The molecule has 4 heteroatoms. The van der Waals surface area contributed by atoms with Crippen LogP contribution in [0.1, 0.15) is 32.3 Å². The molecule has 18 heavy (non-hydrogen) atoms. The van der Waals surface area contributed by atoms with Crippen LogP contribution in [0.2, 0.25) is 0 Å². The maximum Gasteiger partial charge on any atom is 0.423 e. The maximum absolute atomic E-state index is 5.71. The minimum absolute atomic E-state index is 0.700. The molecule has 0 aliphatic rings. The SMILES string of the molecule is CCO[Si](OCC)c1cccc(CCCCN)c1. The Labute approximate surface area is 112 Å². The summed E-state index contributed by atoms with van der Waals surface area (Å²) in [4.78, 5) is 0. The van der Waals surface area contributed by atoms with E-state index in [-0.39, 0.29) is 0 Å². The molecule has 0 amide bonds. The molecule has 0 spiro atoms. The number of nitrogens with two attached hydrogens (primary N) is 1. The van der Waals surface area contributed by atoms with Gasteiger partial charge in [-0.1, -0.05) is 24.3 Å². The summed E-state index contributed by atoms with van der Waals surface area (Å²) in [5.74, 6) is 0. The summed E-state index contributed by atoms with van der Waals surface area (Å²) in [6, 6.07) is 8.58. The Kier molecular flexibility index (Phi) is 7.92. The minimum atomic E-state index is -1.30. The van der Waals surface area contributed by atoms with Gasteiger partial charge >= 0.3 is 9.28 Å². The molecule has 1 aromatic rings. The van der Waals surface area contributed by atoms with E-state index in [0.29, 0.717) is 13.2 Å². The molecule has 0 saturated carbocycles. The van der Waals surface area contributed by atoms with Crippen molar-refractivity contribution in [3.05, 3.63) is 29.8 Å². The van der Waals surface area contributed by atoms with Gasteiger partial charge in [-0.3, -0.25) is 0 Å². The van der Waals surface area contributed by atoms with E-state index in [9.17, 15) is 0 Å². The van der Waals surface area contributed by atoms with Gasteiger partial charge in [-0.2, -0.15) is 0 Å². The first kappa shape index (κ1) is 15.4. The lowest BCUT2D eigenvalue weighted by Crippen LogP contribution is -2.37. The summed E-state index contributed by atoms with van der Waals surface area (Å²) in [6.45, 7) is 6.19. The Balaban J connectivity index is 2.65. The molecule has 0 aliphatic heterocycles. The van der Waals surface area contributed by atoms with Gasteiger partial charge < -0.3 is 14.6 Å². The van der Waals surface area contributed by atoms with E-state index in [1.165, 1.54) is 10.8 Å². The Bertz CT molecular complexity index is 327. The highest BCUT2D eigenvalue weighted by molar-refractivity contribution is 6.61. The number of aryl methyl sites for hydroxylation is 1. The van der Waals surface area contributed by atoms with Crippen LogP contribution in [0.4, 0.5) is 0 Å². The van der Waals surface area contributed by atoms with E-state index < -0.39 is 9.28 Å². The van der Waals surface area contributed by atoms with Crippen molar-refractivity contribution < 1.29 is 8.85 Å². The van der Waals surface area contributed by atoms with Gasteiger partial charge in [0.1, 0.15) is 0 Å². The molecular formula is C14H24NO2Si. The standard InChI is InChI=1S/C14H24NO2Si/c1-3-16-18(17-4-2)14-10-7-9-13(12-14)8-5-6-11-15/h7,9-10,12H,3-6,8,11,15H2,1-2H3. The predicted octanol–water partition coefficient (Wildman–Crippen LogP) is 1.74. The fourth-order valence-corrected chi connectivity index (χ4v) is 3.27. The molecule has 0 aromatic heterocycles. The van der Waals surface area contributed by atoms with Crippen LogP contribution in [0.5, 0.6) is 0 Å². The predicted molar refractivity (Wildman–Crippen MR) is 77.1 cm³/mol. The molecule has 0 saturated heterocycles. The summed E-state index contributed by atoms with van der Waals surface area (Å²) < 4.78 is 11.4. The van der Waals surface area contributed by atoms with Crippen LogP contribution in [0.15, 0.2) is 24.3 Å². The number of unbranched alkanes of at least 4 members (excludes halogenated alkanes) is 1. The van der Waals surface area contributed by atoms with Crippen molar-refractivity contribution in [3.8, 4) is 0 Å². The zero-order valence-electron chi connectivity index (χ0n) is 11.4. The van der Waals surface area contributed by atoms with Gasteiger partial charge in [0.25, 0.3) is 0 Å². The molecule has 3 nitrogen and oxygen atoms in total. The Hall–Kier alpha value is -0.683. The van der Waals surface area contributed by atoms with Crippen molar-refractivity contribution in [1.82, 2.24) is 0 Å². The van der Waals surface area contributed by atoms with Crippen LogP contribution in [-0.4, -0.2) is 29.0 Å². The highest BCUT2D eigenvalue weighted by Gasteiger charge is 2.17. The average Bonchev–Trinajstić information content (AvgIpc) is 2.39. The second kappa shape index (κ2) is 9.27. The maximum atomic E-state index is 5.71. The summed E-state index contributed by atoms with van der Waals surface area (Å²) in [7, 11) is -1.30. The van der Waals surface area contributed by atoms with E-state index in [1.807, 2.05) is 13.8 Å². The van der Waals surface area contributed by atoms with Crippen molar-refractivity contribution in [3.63, 3.8) is 0 Å². The molecule has 0 unspecified atom stereocenters. The summed E-state index contributed by atoms with van der Waals surface area (Å²) in [6.07, 6.45) is 3.31. The lowest BCUT2D eigenvalue weighted by atomic mass is 10.1. The van der Waals surface area contributed by atoms with E-state index in [2.05, 4.69) is 24.3 Å². The zero-order chi connectivity index (χ0) is 13.2. The van der Waals surface area contributed by atoms with E-state index in [4.69, 9.17) is 14.6 Å². The molecule has 1 aromatic carbocycles. The lowest BCUT2D eigenvalue weighted by Gasteiger charge is -2.14.